The number of ether oxygens (including phenoxy) is 1. The number of aromatic nitrogens is 2. The van der Waals surface area contributed by atoms with Crippen LogP contribution in [0.25, 0.3) is 11.7 Å². The zero-order valence-electron chi connectivity index (χ0n) is 17.4. The number of hydrogen-bond donors (Lipinski definition) is 1. The molecule has 164 valence electrons. The summed E-state index contributed by atoms with van der Waals surface area (Å²) >= 11 is 6.52. The molecule has 1 N–H and O–H groups in total. The lowest BCUT2D eigenvalue weighted by Crippen LogP contribution is -2.37. The van der Waals surface area contributed by atoms with Crippen molar-refractivity contribution in [1.82, 2.24) is 19.2 Å². The summed E-state index contributed by atoms with van der Waals surface area (Å²) in [7, 11) is 0. The number of amides is 1. The highest BCUT2D eigenvalue weighted by atomic mass is 32.2. The van der Waals surface area contributed by atoms with E-state index in [1.807, 2.05) is 13.0 Å². The number of carbonyl (C=O) groups is 1. The normalized spacial score (nSPS) is 19.0. The lowest BCUT2D eigenvalue weighted by atomic mass is 10.2. The van der Waals surface area contributed by atoms with Gasteiger partial charge in [0, 0.05) is 32.4 Å². The second-order valence-corrected chi connectivity index (χ2v) is 8.94. The number of pyridine rings is 1. The number of hydrogen-bond acceptors (Lipinski definition) is 8. The number of fused-ring (bicyclic) bond motifs is 1. The number of rotatable bonds is 7. The third-order valence-corrected chi connectivity index (χ3v) is 6.66. The first-order valence-corrected chi connectivity index (χ1v) is 11.6. The fourth-order valence-electron chi connectivity index (χ4n) is 3.61. The molecule has 0 aliphatic carbocycles. The Morgan fingerprint density at radius 2 is 2.10 bits per heavy atom. The summed E-state index contributed by atoms with van der Waals surface area (Å²) in [6.45, 7) is 7.44. The first-order chi connectivity index (χ1) is 15.1. The minimum atomic E-state index is -0.219. The number of morpholine rings is 1. The molecule has 2 saturated heterocycles. The van der Waals surface area contributed by atoms with Crippen molar-refractivity contribution >= 4 is 51.7 Å². The number of carbonyl (C=O) groups excluding carboxylic acids is 1. The number of thioether (sulfide) groups is 1. The van der Waals surface area contributed by atoms with E-state index in [2.05, 4.69) is 15.2 Å². The molecule has 0 saturated carbocycles. The van der Waals surface area contributed by atoms with Gasteiger partial charge in [0.2, 0.25) is 0 Å². The van der Waals surface area contributed by atoms with Gasteiger partial charge in [-0.25, -0.2) is 4.98 Å². The first kappa shape index (κ1) is 21.9. The molecule has 8 nitrogen and oxygen atoms in total. The maximum absolute atomic E-state index is 13.2. The highest BCUT2D eigenvalue weighted by molar-refractivity contribution is 8.26. The zero-order valence-corrected chi connectivity index (χ0v) is 19.0. The van der Waals surface area contributed by atoms with E-state index >= 15 is 0 Å². The lowest BCUT2D eigenvalue weighted by molar-refractivity contribution is -0.121. The van der Waals surface area contributed by atoms with E-state index < -0.39 is 0 Å². The van der Waals surface area contributed by atoms with Gasteiger partial charge in [0.25, 0.3) is 11.5 Å². The molecule has 2 aliphatic heterocycles. The van der Waals surface area contributed by atoms with E-state index in [-0.39, 0.29) is 11.5 Å². The van der Waals surface area contributed by atoms with Crippen molar-refractivity contribution in [2.75, 3.05) is 51.3 Å². The molecule has 4 rings (SSSR count). The predicted octanol–water partition coefficient (Wildman–Crippen LogP) is 2.05. The quantitative estimate of drug-likeness (QED) is 0.383. The Labute approximate surface area is 190 Å². The van der Waals surface area contributed by atoms with Gasteiger partial charge in [-0.05, 0) is 38.1 Å². The molecule has 0 aromatic carbocycles. The van der Waals surface area contributed by atoms with Crippen molar-refractivity contribution in [2.24, 2.45) is 0 Å². The summed E-state index contributed by atoms with van der Waals surface area (Å²) in [6, 6.07) is 5.42. The van der Waals surface area contributed by atoms with Crippen LogP contribution in [0.1, 0.15) is 18.9 Å². The van der Waals surface area contributed by atoms with Gasteiger partial charge < -0.3 is 10.1 Å². The van der Waals surface area contributed by atoms with E-state index in [1.165, 1.54) is 21.1 Å². The maximum Gasteiger partial charge on any atom is 0.267 e. The summed E-state index contributed by atoms with van der Waals surface area (Å²) < 4.78 is 7.39. The fourth-order valence-corrected chi connectivity index (χ4v) is 4.97. The molecule has 0 spiro atoms. The van der Waals surface area contributed by atoms with Crippen LogP contribution >= 0.6 is 24.0 Å². The highest BCUT2D eigenvalue weighted by Crippen LogP contribution is 2.32. The summed E-state index contributed by atoms with van der Waals surface area (Å²) in [5, 5.41) is 3.32. The van der Waals surface area contributed by atoms with E-state index in [0.717, 1.165) is 39.3 Å². The van der Waals surface area contributed by atoms with Gasteiger partial charge in [0.1, 0.15) is 15.8 Å². The van der Waals surface area contributed by atoms with Gasteiger partial charge in [-0.2, -0.15) is 0 Å². The molecular formula is C21H25N5O3S2. The van der Waals surface area contributed by atoms with Gasteiger partial charge in [-0.3, -0.25) is 23.8 Å². The molecule has 0 bridgehead atoms. The van der Waals surface area contributed by atoms with Crippen LogP contribution in [-0.4, -0.2) is 75.3 Å². The summed E-state index contributed by atoms with van der Waals surface area (Å²) in [5.74, 6) is 0.313. The predicted molar refractivity (Wildman–Crippen MR) is 127 cm³/mol. The molecule has 2 fully saturated rings. The summed E-state index contributed by atoms with van der Waals surface area (Å²) in [5.41, 5.74) is 0.705. The monoisotopic (exact) mass is 459 g/mol. The maximum atomic E-state index is 13.2. The number of nitrogens with zero attached hydrogens (tertiary/aromatic N) is 4. The second-order valence-electron chi connectivity index (χ2n) is 7.27. The topological polar surface area (TPSA) is 79.2 Å². The van der Waals surface area contributed by atoms with Crippen LogP contribution in [0.2, 0.25) is 0 Å². The van der Waals surface area contributed by atoms with Crippen LogP contribution in [0, 0.1) is 0 Å². The van der Waals surface area contributed by atoms with E-state index in [1.54, 1.807) is 24.4 Å². The number of anilines is 1. The van der Waals surface area contributed by atoms with Crippen molar-refractivity contribution in [2.45, 2.75) is 13.3 Å². The second kappa shape index (κ2) is 9.90. The first-order valence-electron chi connectivity index (χ1n) is 10.4. The molecule has 2 aliphatic rings. The summed E-state index contributed by atoms with van der Waals surface area (Å²) in [6.07, 6.45) is 4.21. The molecule has 0 atom stereocenters. The van der Waals surface area contributed by atoms with Crippen molar-refractivity contribution in [3.63, 3.8) is 0 Å². The molecule has 4 heterocycles. The Hall–Kier alpha value is -2.27. The zero-order chi connectivity index (χ0) is 21.8. The van der Waals surface area contributed by atoms with E-state index in [4.69, 9.17) is 17.0 Å². The molecule has 10 heteroatoms. The van der Waals surface area contributed by atoms with Gasteiger partial charge >= 0.3 is 0 Å². The molecule has 0 radical (unpaired) electrons. The van der Waals surface area contributed by atoms with Crippen molar-refractivity contribution in [1.29, 1.82) is 0 Å². The number of nitrogens with one attached hydrogen (secondary N) is 1. The van der Waals surface area contributed by atoms with Crippen molar-refractivity contribution in [3.8, 4) is 0 Å². The third-order valence-electron chi connectivity index (χ3n) is 5.28. The van der Waals surface area contributed by atoms with Gasteiger partial charge in [-0.1, -0.05) is 30.0 Å². The van der Waals surface area contributed by atoms with Crippen LogP contribution in [0.5, 0.6) is 0 Å². The molecule has 2 aromatic rings. The molecule has 1 amide bonds. The van der Waals surface area contributed by atoms with Crippen LogP contribution < -0.4 is 10.9 Å². The Bertz CT molecular complexity index is 1080. The minimum absolute atomic E-state index is 0.173. The Morgan fingerprint density at radius 1 is 1.29 bits per heavy atom. The largest absolute Gasteiger partial charge is 0.379 e. The summed E-state index contributed by atoms with van der Waals surface area (Å²) in [4.78, 5) is 34.9. The number of thiocarbonyl (C=S) groups is 1. The highest BCUT2D eigenvalue weighted by Gasteiger charge is 2.31. The average Bonchev–Trinajstić information content (AvgIpc) is 3.06. The Kier molecular flexibility index (Phi) is 7.01. The fraction of sp³-hybridized carbons (Fsp3) is 0.429. The SMILES string of the molecule is CCN1C(=O)/C(=C/c2c(NCCCN3CCOCC3)nc3ccccn3c2=O)SC1=S. The lowest BCUT2D eigenvalue weighted by Gasteiger charge is -2.26. The van der Waals surface area contributed by atoms with Gasteiger partial charge in [-0.15, -0.1) is 0 Å². The molecular weight excluding hydrogens is 434 g/mol. The van der Waals surface area contributed by atoms with Crippen LogP contribution in [0.3, 0.4) is 0 Å². The van der Waals surface area contributed by atoms with Crippen molar-refractivity contribution < 1.29 is 9.53 Å². The van der Waals surface area contributed by atoms with Crippen LogP contribution in [0.4, 0.5) is 5.82 Å². The number of likely N-dealkylation sites (N-methyl/N-ethyl adjacent to an activating group) is 1. The van der Waals surface area contributed by atoms with E-state index in [9.17, 15) is 9.59 Å². The van der Waals surface area contributed by atoms with E-state index in [0.29, 0.717) is 39.3 Å². The van der Waals surface area contributed by atoms with Gasteiger partial charge in [0.05, 0.1) is 23.7 Å². The average molecular weight is 460 g/mol. The smallest absolute Gasteiger partial charge is 0.267 e. The molecule has 2 aromatic heterocycles. The van der Waals surface area contributed by atoms with Gasteiger partial charge in [0.15, 0.2) is 0 Å². The molecule has 0 unspecified atom stereocenters. The Morgan fingerprint density at radius 3 is 2.84 bits per heavy atom. The third kappa shape index (κ3) is 4.82. The van der Waals surface area contributed by atoms with Crippen LogP contribution in [-0.2, 0) is 9.53 Å². The Balaban J connectivity index is 1.59. The minimum Gasteiger partial charge on any atom is -0.379 e. The van der Waals surface area contributed by atoms with Crippen LogP contribution in [0.15, 0.2) is 34.1 Å². The molecule has 31 heavy (non-hydrogen) atoms. The standard InChI is InChI=1S/C21H25N5O3S2/c1-2-25-20(28)16(31-21(25)30)14-15-18(22-7-5-8-24-10-12-29-13-11-24)23-17-6-3-4-9-26(17)19(15)27/h3-4,6,9,14,22H,2,5,7-8,10-13H2,1H3/b16-14-. The van der Waals surface area contributed by atoms with Crippen molar-refractivity contribution in [3.05, 3.63) is 45.2 Å².